The zero-order valence-electron chi connectivity index (χ0n) is 15.7. The maximum atomic E-state index is 4.80. The minimum Gasteiger partial charge on any atom is -0.357 e. The van der Waals surface area contributed by atoms with Gasteiger partial charge >= 0.3 is 0 Å². The van der Waals surface area contributed by atoms with Crippen molar-refractivity contribution in [3.05, 3.63) is 52.5 Å². The summed E-state index contributed by atoms with van der Waals surface area (Å²) < 4.78 is 5.32. The summed E-state index contributed by atoms with van der Waals surface area (Å²) >= 11 is 3.53. The van der Waals surface area contributed by atoms with Crippen molar-refractivity contribution in [1.82, 2.24) is 24.3 Å². The van der Waals surface area contributed by atoms with E-state index in [1.165, 1.54) is 5.69 Å². The van der Waals surface area contributed by atoms with Gasteiger partial charge < -0.3 is 19.4 Å². The molecule has 1 aromatic carbocycles. The molecule has 7 heteroatoms. The third-order valence-corrected chi connectivity index (χ3v) is 4.85. The van der Waals surface area contributed by atoms with Crippen molar-refractivity contribution in [2.24, 2.45) is 19.1 Å². The second-order valence-electron chi connectivity index (χ2n) is 6.36. The normalized spacial score (nSPS) is 12.0. The van der Waals surface area contributed by atoms with E-state index in [1.807, 2.05) is 25.2 Å². The number of aliphatic imine (C=N–C) groups is 1. The monoisotopic (exact) mass is 416 g/mol. The molecule has 26 heavy (non-hydrogen) atoms. The van der Waals surface area contributed by atoms with Crippen LogP contribution in [0.15, 0.2) is 46.0 Å². The lowest BCUT2D eigenvalue weighted by Gasteiger charge is -2.22. The number of benzene rings is 1. The van der Waals surface area contributed by atoms with E-state index in [2.05, 4.69) is 74.6 Å². The molecule has 0 amide bonds. The molecule has 0 aliphatic heterocycles. The Morgan fingerprint density at radius 2 is 2.08 bits per heavy atom. The van der Waals surface area contributed by atoms with Gasteiger partial charge in [-0.25, -0.2) is 9.98 Å². The summed E-state index contributed by atoms with van der Waals surface area (Å²) in [6.07, 6.45) is 2.06. The molecule has 0 saturated heterocycles. The molecule has 2 aromatic heterocycles. The molecular weight excluding hydrogens is 392 g/mol. The van der Waals surface area contributed by atoms with Crippen LogP contribution in [0.2, 0.25) is 0 Å². The zero-order valence-corrected chi connectivity index (χ0v) is 17.3. The first kappa shape index (κ1) is 18.5. The number of hydrogen-bond donors (Lipinski definition) is 1. The highest BCUT2D eigenvalue weighted by molar-refractivity contribution is 9.10. The number of guanidine groups is 1. The van der Waals surface area contributed by atoms with Crippen LogP contribution in [-0.2, 0) is 27.2 Å². The van der Waals surface area contributed by atoms with Crippen molar-refractivity contribution >= 4 is 32.9 Å². The number of para-hydroxylation sites is 2. The van der Waals surface area contributed by atoms with E-state index in [4.69, 9.17) is 9.98 Å². The molecular formula is C19H25BrN6. The Morgan fingerprint density at radius 1 is 1.31 bits per heavy atom. The summed E-state index contributed by atoms with van der Waals surface area (Å²) in [4.78, 5) is 11.6. The largest absolute Gasteiger partial charge is 0.357 e. The first-order valence-electron chi connectivity index (χ1n) is 8.70. The van der Waals surface area contributed by atoms with Gasteiger partial charge in [0.15, 0.2) is 5.96 Å². The lowest BCUT2D eigenvalue weighted by Crippen LogP contribution is -2.38. The number of aryl methyl sites for hydroxylation is 2. The molecule has 3 aromatic rings. The van der Waals surface area contributed by atoms with E-state index in [9.17, 15) is 0 Å². The number of hydrogen-bond acceptors (Lipinski definition) is 2. The lowest BCUT2D eigenvalue weighted by molar-refractivity contribution is 0.461. The van der Waals surface area contributed by atoms with Crippen molar-refractivity contribution in [2.45, 2.75) is 20.0 Å². The predicted octanol–water partition coefficient (Wildman–Crippen LogP) is 3.27. The molecule has 138 valence electrons. The smallest absolute Gasteiger partial charge is 0.194 e. The van der Waals surface area contributed by atoms with Crippen LogP contribution < -0.4 is 5.32 Å². The Hall–Kier alpha value is -2.28. The molecule has 0 aliphatic rings. The van der Waals surface area contributed by atoms with Gasteiger partial charge in [0.25, 0.3) is 0 Å². The van der Waals surface area contributed by atoms with E-state index in [0.717, 1.165) is 40.4 Å². The first-order valence-corrected chi connectivity index (χ1v) is 9.49. The van der Waals surface area contributed by atoms with Crippen LogP contribution in [0.5, 0.6) is 0 Å². The molecule has 0 spiro atoms. The Morgan fingerprint density at radius 3 is 2.73 bits per heavy atom. The van der Waals surface area contributed by atoms with Gasteiger partial charge in [-0.1, -0.05) is 12.1 Å². The zero-order chi connectivity index (χ0) is 18.7. The summed E-state index contributed by atoms with van der Waals surface area (Å²) in [5, 5.41) is 3.37. The third kappa shape index (κ3) is 3.93. The lowest BCUT2D eigenvalue weighted by atomic mass is 10.3. The predicted molar refractivity (Wildman–Crippen MR) is 110 cm³/mol. The number of imidazole rings is 1. The highest BCUT2D eigenvalue weighted by Gasteiger charge is 2.11. The van der Waals surface area contributed by atoms with Crippen molar-refractivity contribution in [3.63, 3.8) is 0 Å². The number of nitrogens with one attached hydrogen (secondary N) is 1. The highest BCUT2D eigenvalue weighted by atomic mass is 79.9. The highest BCUT2D eigenvalue weighted by Crippen LogP contribution is 2.16. The van der Waals surface area contributed by atoms with Gasteiger partial charge in [0, 0.05) is 44.1 Å². The molecule has 0 aliphatic carbocycles. The van der Waals surface area contributed by atoms with Gasteiger partial charge in [0.05, 0.1) is 17.6 Å². The average molecular weight is 417 g/mol. The number of halogens is 1. The summed E-state index contributed by atoms with van der Waals surface area (Å²) in [5.74, 6) is 1.83. The molecule has 0 radical (unpaired) electrons. The molecule has 3 rings (SSSR count). The van der Waals surface area contributed by atoms with E-state index < -0.39 is 0 Å². The van der Waals surface area contributed by atoms with Crippen LogP contribution in [0.25, 0.3) is 11.0 Å². The Bertz CT molecular complexity index is 923. The number of rotatable bonds is 5. The topological polar surface area (TPSA) is 50.4 Å². The van der Waals surface area contributed by atoms with Crippen LogP contribution in [0.4, 0.5) is 0 Å². The van der Waals surface area contributed by atoms with Crippen LogP contribution in [0, 0.1) is 0 Å². The van der Waals surface area contributed by atoms with Gasteiger partial charge in [-0.3, -0.25) is 0 Å². The first-order chi connectivity index (χ1) is 12.5. The maximum Gasteiger partial charge on any atom is 0.194 e. The van der Waals surface area contributed by atoms with Gasteiger partial charge in [-0.15, -0.1) is 0 Å². The number of nitrogens with zero attached hydrogens (tertiary/aromatic N) is 5. The van der Waals surface area contributed by atoms with Crippen LogP contribution in [-0.4, -0.2) is 38.6 Å². The molecule has 6 nitrogen and oxygen atoms in total. The fraction of sp³-hybridized carbons (Fsp3) is 0.368. The van der Waals surface area contributed by atoms with Crippen molar-refractivity contribution < 1.29 is 0 Å². The quantitative estimate of drug-likeness (QED) is 0.512. The summed E-state index contributed by atoms with van der Waals surface area (Å²) in [6.45, 7) is 4.21. The molecule has 0 atom stereocenters. The van der Waals surface area contributed by atoms with Crippen molar-refractivity contribution in [2.75, 3.05) is 13.6 Å². The second-order valence-corrected chi connectivity index (χ2v) is 7.28. The molecule has 1 N–H and O–H groups in total. The van der Waals surface area contributed by atoms with Crippen LogP contribution in [0.1, 0.15) is 18.4 Å². The Kier molecular flexibility index (Phi) is 5.66. The fourth-order valence-electron chi connectivity index (χ4n) is 2.99. The summed E-state index contributed by atoms with van der Waals surface area (Å²) in [7, 11) is 6.15. The number of fused-ring (bicyclic) bond motifs is 1. The van der Waals surface area contributed by atoms with Gasteiger partial charge in [0.1, 0.15) is 12.4 Å². The average Bonchev–Trinajstić information content (AvgIpc) is 3.10. The van der Waals surface area contributed by atoms with Crippen molar-refractivity contribution in [3.8, 4) is 0 Å². The second kappa shape index (κ2) is 7.95. The van der Waals surface area contributed by atoms with Crippen molar-refractivity contribution in [1.29, 1.82) is 0 Å². The molecule has 2 heterocycles. The van der Waals surface area contributed by atoms with E-state index in [-0.39, 0.29) is 0 Å². The minimum atomic E-state index is 0.536. The van der Waals surface area contributed by atoms with Crippen LogP contribution >= 0.6 is 15.9 Å². The summed E-state index contributed by atoms with van der Waals surface area (Å²) in [5.41, 5.74) is 3.35. The molecule has 0 bridgehead atoms. The molecule has 0 fully saturated rings. The Balaban J connectivity index is 1.79. The SMILES string of the molecule is CCNC(=NCc1nc2ccccc2n1C)N(C)Cc1cc(Br)cn1C. The third-order valence-electron chi connectivity index (χ3n) is 4.42. The standard InChI is InChI=1S/C19H25BrN6/c1-5-21-19(25(3)13-15-10-14(20)12-24(15)2)22-11-18-23-16-8-6-7-9-17(16)26(18)4/h6-10,12H,5,11,13H2,1-4H3,(H,21,22). The molecule has 0 unspecified atom stereocenters. The van der Waals surface area contributed by atoms with Gasteiger partial charge in [-0.2, -0.15) is 0 Å². The Labute approximate surface area is 162 Å². The van der Waals surface area contributed by atoms with E-state index in [0.29, 0.717) is 6.54 Å². The van der Waals surface area contributed by atoms with E-state index >= 15 is 0 Å². The summed E-state index contributed by atoms with van der Waals surface area (Å²) in [6, 6.07) is 10.3. The minimum absolute atomic E-state index is 0.536. The van der Waals surface area contributed by atoms with Gasteiger partial charge in [-0.05, 0) is 41.1 Å². The number of aromatic nitrogens is 3. The fourth-order valence-corrected chi connectivity index (χ4v) is 3.56. The van der Waals surface area contributed by atoms with Gasteiger partial charge in [0.2, 0.25) is 0 Å². The van der Waals surface area contributed by atoms with E-state index in [1.54, 1.807) is 0 Å². The van der Waals surface area contributed by atoms with Crippen LogP contribution in [0.3, 0.4) is 0 Å². The maximum absolute atomic E-state index is 4.80. The molecule has 0 saturated carbocycles.